The molecule has 0 bridgehead atoms. The molecule has 256 valence electrons. The number of nitrogens with zero attached hydrogens (tertiary/aromatic N) is 5. The fourth-order valence-electron chi connectivity index (χ4n) is 5.12. The molecular formula is C35H44N6O7. The average Bonchev–Trinajstić information content (AvgIpc) is 3.42. The number of aromatic nitrogens is 3. The Bertz CT molecular complexity index is 1730. The van der Waals surface area contributed by atoms with Crippen LogP contribution in [0.3, 0.4) is 0 Å². The van der Waals surface area contributed by atoms with Gasteiger partial charge in [-0.15, -0.1) is 0 Å². The smallest absolute Gasteiger partial charge is 0.328 e. The maximum absolute atomic E-state index is 13.2. The van der Waals surface area contributed by atoms with Gasteiger partial charge in [0.15, 0.2) is 5.82 Å². The Balaban J connectivity index is 0.000000694. The van der Waals surface area contributed by atoms with Crippen LogP contribution >= 0.6 is 0 Å². The number of carbonyl (C=O) groups excluding carboxylic acids is 2. The summed E-state index contributed by atoms with van der Waals surface area (Å²) < 4.78 is 7.05. The minimum Gasteiger partial charge on any atom is -0.478 e. The van der Waals surface area contributed by atoms with Crippen molar-refractivity contribution in [1.82, 2.24) is 24.3 Å². The number of aryl methyl sites for hydroxylation is 2. The SMILES string of the molecule is CCCCc1nc2c(N)nc3ccccc3c2n1CCCN(Cc1ccc(CC(=O)OC)cc1)C(=O)CN(C)C.O=C(O)/C=C/C(=O)O. The number of unbranched alkanes of at least 4 members (excludes halogenated alkanes) is 1. The largest absolute Gasteiger partial charge is 0.478 e. The van der Waals surface area contributed by atoms with Crippen molar-refractivity contribution in [2.24, 2.45) is 0 Å². The van der Waals surface area contributed by atoms with Crippen LogP contribution in [0.25, 0.3) is 21.9 Å². The fourth-order valence-corrected chi connectivity index (χ4v) is 5.12. The van der Waals surface area contributed by atoms with Gasteiger partial charge in [0.05, 0.1) is 31.1 Å². The van der Waals surface area contributed by atoms with Crippen LogP contribution in [0.15, 0.2) is 60.7 Å². The van der Waals surface area contributed by atoms with Gasteiger partial charge in [0, 0.05) is 43.6 Å². The maximum Gasteiger partial charge on any atom is 0.328 e. The third kappa shape index (κ3) is 10.9. The summed E-state index contributed by atoms with van der Waals surface area (Å²) in [7, 11) is 5.19. The van der Waals surface area contributed by atoms with Gasteiger partial charge >= 0.3 is 17.9 Å². The van der Waals surface area contributed by atoms with Crippen molar-refractivity contribution < 1.29 is 34.1 Å². The number of imidazole rings is 1. The Morgan fingerprint density at radius 3 is 2.19 bits per heavy atom. The van der Waals surface area contributed by atoms with Gasteiger partial charge in [0.25, 0.3) is 0 Å². The quantitative estimate of drug-likeness (QED) is 0.124. The Hall–Kier alpha value is -5.30. The molecule has 4 rings (SSSR count). The number of benzene rings is 2. The lowest BCUT2D eigenvalue weighted by Crippen LogP contribution is -2.38. The average molecular weight is 661 g/mol. The Kier molecular flexibility index (Phi) is 14.0. The standard InChI is InChI=1S/C31H40N6O3.C4H4O4/c1-5-6-12-26-34-29-30(24-10-7-8-11-25(24)33-31(29)32)37(26)18-9-17-36(27(38)21-35(2)3)20-23-15-13-22(14-16-23)19-28(39)40-4;5-3(6)1-2-4(7)8/h7-8,10-11,13-16H,5-6,9,12,17-21H2,1-4H3,(H2,32,33);1-2H,(H,5,6)(H,7,8)/b;2-1+. The summed E-state index contributed by atoms with van der Waals surface area (Å²) in [5.74, 6) is -1.26. The number of hydrogen-bond acceptors (Lipinski definition) is 9. The third-order valence-corrected chi connectivity index (χ3v) is 7.40. The molecule has 0 unspecified atom stereocenters. The number of anilines is 1. The van der Waals surface area contributed by atoms with Gasteiger partial charge in [-0.25, -0.2) is 19.6 Å². The molecule has 0 aliphatic rings. The number of likely N-dealkylation sites (N-methyl/N-ethyl adjacent to an activating group) is 1. The summed E-state index contributed by atoms with van der Waals surface area (Å²) in [6.45, 7) is 4.32. The first-order valence-corrected chi connectivity index (χ1v) is 15.7. The number of carbonyl (C=O) groups is 4. The van der Waals surface area contributed by atoms with Gasteiger partial charge in [-0.2, -0.15) is 0 Å². The summed E-state index contributed by atoms with van der Waals surface area (Å²) in [4.78, 5) is 57.3. The van der Waals surface area contributed by atoms with E-state index in [-0.39, 0.29) is 18.3 Å². The Morgan fingerprint density at radius 2 is 1.58 bits per heavy atom. The molecule has 0 aliphatic carbocycles. The minimum atomic E-state index is -1.26. The van der Waals surface area contributed by atoms with Crippen LogP contribution in [-0.2, 0) is 49.8 Å². The first kappa shape index (κ1) is 37.2. The van der Waals surface area contributed by atoms with Crippen molar-refractivity contribution in [2.75, 3.05) is 40.0 Å². The summed E-state index contributed by atoms with van der Waals surface area (Å²) in [5, 5.41) is 16.7. The van der Waals surface area contributed by atoms with Gasteiger partial charge in [0.1, 0.15) is 11.3 Å². The van der Waals surface area contributed by atoms with Gasteiger partial charge in [-0.3, -0.25) is 9.59 Å². The molecule has 0 aliphatic heterocycles. The van der Waals surface area contributed by atoms with Crippen LogP contribution in [-0.4, -0.2) is 92.7 Å². The third-order valence-electron chi connectivity index (χ3n) is 7.40. The fraction of sp³-hybridized carbons (Fsp3) is 0.371. The summed E-state index contributed by atoms with van der Waals surface area (Å²) in [5.41, 5.74) is 10.9. The number of aliphatic carboxylic acids is 2. The van der Waals surface area contributed by atoms with E-state index in [2.05, 4.69) is 22.5 Å². The van der Waals surface area contributed by atoms with Crippen LogP contribution in [0.2, 0.25) is 0 Å². The van der Waals surface area contributed by atoms with Crippen molar-refractivity contribution in [3.05, 3.63) is 77.6 Å². The van der Waals surface area contributed by atoms with Crippen LogP contribution in [0, 0.1) is 0 Å². The number of nitrogen functional groups attached to an aromatic ring is 1. The lowest BCUT2D eigenvalue weighted by Gasteiger charge is -2.25. The van der Waals surface area contributed by atoms with E-state index in [0.29, 0.717) is 44.1 Å². The monoisotopic (exact) mass is 660 g/mol. The second kappa shape index (κ2) is 18.1. The first-order chi connectivity index (χ1) is 22.9. The zero-order valence-corrected chi connectivity index (χ0v) is 27.9. The number of pyridine rings is 1. The number of esters is 1. The molecule has 0 saturated heterocycles. The molecule has 48 heavy (non-hydrogen) atoms. The van der Waals surface area contributed by atoms with Gasteiger partial charge in [-0.05, 0) is 44.1 Å². The van der Waals surface area contributed by atoms with Crippen LogP contribution < -0.4 is 5.73 Å². The molecule has 0 radical (unpaired) electrons. The first-order valence-electron chi connectivity index (χ1n) is 15.7. The van der Waals surface area contributed by atoms with E-state index < -0.39 is 11.9 Å². The predicted molar refractivity (Wildman–Crippen MR) is 183 cm³/mol. The lowest BCUT2D eigenvalue weighted by atomic mass is 10.1. The van der Waals surface area contributed by atoms with Crippen molar-refractivity contribution in [1.29, 1.82) is 0 Å². The lowest BCUT2D eigenvalue weighted by molar-refractivity contribution is -0.140. The Morgan fingerprint density at radius 1 is 0.938 bits per heavy atom. The molecule has 0 atom stereocenters. The summed E-state index contributed by atoms with van der Waals surface area (Å²) in [6, 6.07) is 15.8. The molecule has 0 fully saturated rings. The van der Waals surface area contributed by atoms with Crippen molar-refractivity contribution >= 4 is 51.6 Å². The molecule has 13 heteroatoms. The number of carboxylic acids is 2. The zero-order valence-electron chi connectivity index (χ0n) is 27.9. The molecule has 4 N–H and O–H groups in total. The van der Waals surface area contributed by atoms with Crippen molar-refractivity contribution in [2.45, 2.75) is 52.1 Å². The molecule has 2 aromatic heterocycles. The van der Waals surface area contributed by atoms with Crippen molar-refractivity contribution in [3.8, 4) is 0 Å². The number of methoxy groups -OCH3 is 1. The highest BCUT2D eigenvalue weighted by molar-refractivity contribution is 6.06. The molecule has 2 heterocycles. The number of nitrogens with two attached hydrogens (primary N) is 1. The predicted octanol–water partition coefficient (Wildman–Crippen LogP) is 3.92. The summed E-state index contributed by atoms with van der Waals surface area (Å²) in [6.07, 6.45) is 5.08. The molecule has 2 aromatic carbocycles. The topological polar surface area (TPSA) is 181 Å². The van der Waals surface area contributed by atoms with E-state index in [9.17, 15) is 19.2 Å². The number of carboxylic acid groups (broad SMARTS) is 2. The number of amides is 1. The molecule has 0 spiro atoms. The molecule has 4 aromatic rings. The molecule has 13 nitrogen and oxygen atoms in total. The van der Waals surface area contributed by atoms with E-state index in [1.807, 2.05) is 66.4 Å². The number of ether oxygens (including phenoxy) is 1. The Labute approximate surface area is 279 Å². The molecule has 0 saturated carbocycles. The van der Waals surface area contributed by atoms with Gasteiger partial charge in [-0.1, -0.05) is 55.8 Å². The van der Waals surface area contributed by atoms with Crippen LogP contribution in [0.4, 0.5) is 5.82 Å². The van der Waals surface area contributed by atoms with Gasteiger partial charge < -0.3 is 35.1 Å². The molecule has 1 amide bonds. The molecular weight excluding hydrogens is 616 g/mol. The number of para-hydroxylation sites is 1. The maximum atomic E-state index is 13.2. The van der Waals surface area contributed by atoms with E-state index in [0.717, 1.165) is 64.6 Å². The minimum absolute atomic E-state index is 0.0734. The highest BCUT2D eigenvalue weighted by Crippen LogP contribution is 2.29. The second-order valence-corrected chi connectivity index (χ2v) is 11.5. The van der Waals surface area contributed by atoms with E-state index in [1.165, 1.54) is 7.11 Å². The highest BCUT2D eigenvalue weighted by Gasteiger charge is 2.19. The zero-order chi connectivity index (χ0) is 35.2. The number of rotatable bonds is 15. The van der Waals surface area contributed by atoms with Crippen molar-refractivity contribution in [3.63, 3.8) is 0 Å². The highest BCUT2D eigenvalue weighted by atomic mass is 16.5. The van der Waals surface area contributed by atoms with E-state index >= 15 is 0 Å². The van der Waals surface area contributed by atoms with Crippen LogP contribution in [0.1, 0.15) is 43.1 Å². The van der Waals surface area contributed by atoms with Crippen LogP contribution in [0.5, 0.6) is 0 Å². The van der Waals surface area contributed by atoms with E-state index in [4.69, 9.17) is 25.7 Å². The number of fused-ring (bicyclic) bond motifs is 3. The normalized spacial score (nSPS) is 11.1. The van der Waals surface area contributed by atoms with E-state index in [1.54, 1.807) is 0 Å². The second-order valence-electron chi connectivity index (χ2n) is 11.5. The summed E-state index contributed by atoms with van der Waals surface area (Å²) >= 11 is 0. The number of hydrogen-bond donors (Lipinski definition) is 3. The van der Waals surface area contributed by atoms with Gasteiger partial charge in [0.2, 0.25) is 5.91 Å².